The monoisotopic (exact) mass is 144 g/mol. The summed E-state index contributed by atoms with van der Waals surface area (Å²) in [4.78, 5) is 0. The van der Waals surface area contributed by atoms with Gasteiger partial charge in [-0.2, -0.15) is 13.5 Å². The van der Waals surface area contributed by atoms with Crippen molar-refractivity contribution in [2.75, 3.05) is 0 Å². The second-order valence-corrected chi connectivity index (χ2v) is 1.62. The van der Waals surface area contributed by atoms with Crippen molar-refractivity contribution in [3.05, 3.63) is 35.9 Å². The minimum atomic E-state index is -0.360. The van der Waals surface area contributed by atoms with Gasteiger partial charge < -0.3 is 0 Å². The van der Waals surface area contributed by atoms with Gasteiger partial charge in [-0.3, -0.25) is 0 Å². The van der Waals surface area contributed by atoms with Crippen LogP contribution in [0.4, 0.5) is 4.39 Å². The van der Waals surface area contributed by atoms with E-state index in [0.717, 1.165) is 5.56 Å². The maximum absolute atomic E-state index is 11.7. The Labute approximate surface area is 61.2 Å². The van der Waals surface area contributed by atoms with Crippen molar-refractivity contribution in [1.29, 1.82) is 0 Å². The van der Waals surface area contributed by atoms with Crippen LogP contribution in [0.1, 0.15) is 5.56 Å². The molecule has 1 rings (SSSR count). The molecule has 0 fully saturated rings. The zero-order valence-electron chi connectivity index (χ0n) is 4.97. The van der Waals surface area contributed by atoms with E-state index in [-0.39, 0.29) is 20.2 Å². The lowest BCUT2D eigenvalue weighted by Gasteiger charge is -1.87. The van der Waals surface area contributed by atoms with Gasteiger partial charge in [-0.15, -0.1) is 0 Å². The highest BCUT2D eigenvalue weighted by atomic mass is 32.1. The van der Waals surface area contributed by atoms with Crippen molar-refractivity contribution in [1.82, 2.24) is 0 Å². The molecule has 0 aliphatic heterocycles. The van der Waals surface area contributed by atoms with E-state index in [2.05, 4.69) is 0 Å². The minimum absolute atomic E-state index is 0. The molecule has 0 unspecified atom stereocenters. The van der Waals surface area contributed by atoms with Crippen LogP contribution in [0.3, 0.4) is 0 Å². The molecule has 1 aromatic rings. The van der Waals surface area contributed by atoms with Gasteiger partial charge in [-0.05, 0) is 5.56 Å². The van der Waals surface area contributed by atoms with Gasteiger partial charge in [0.25, 0.3) is 0 Å². The van der Waals surface area contributed by atoms with Gasteiger partial charge in [-0.1, -0.05) is 30.3 Å². The van der Waals surface area contributed by atoms with Crippen LogP contribution in [0.2, 0.25) is 0 Å². The second kappa shape index (κ2) is 4.39. The van der Waals surface area contributed by atoms with E-state index in [4.69, 9.17) is 0 Å². The predicted octanol–water partition coefficient (Wildman–Crippen LogP) is 2.27. The smallest absolute Gasteiger partial charge is 0.115 e. The molecule has 0 saturated heterocycles. The van der Waals surface area contributed by atoms with E-state index in [0.29, 0.717) is 0 Å². The number of hydrogen-bond donors (Lipinski definition) is 0. The minimum Gasteiger partial charge on any atom is -0.246 e. The van der Waals surface area contributed by atoms with Crippen molar-refractivity contribution in [3.8, 4) is 0 Å². The van der Waals surface area contributed by atoms with Crippen LogP contribution in [0.15, 0.2) is 30.3 Å². The fraction of sp³-hybridized carbons (Fsp3) is 0.143. The summed E-state index contributed by atoms with van der Waals surface area (Å²) in [7, 11) is 0. The molecular weight excluding hydrogens is 135 g/mol. The van der Waals surface area contributed by atoms with Gasteiger partial charge in [0.15, 0.2) is 0 Å². The Morgan fingerprint density at radius 2 is 1.67 bits per heavy atom. The SMILES string of the molecule is FCc1ccccc1.S. The third-order valence-electron chi connectivity index (χ3n) is 0.997. The number of rotatable bonds is 1. The summed E-state index contributed by atoms with van der Waals surface area (Å²) in [5.74, 6) is 0. The second-order valence-electron chi connectivity index (χ2n) is 1.62. The Morgan fingerprint density at radius 3 is 2.00 bits per heavy atom. The van der Waals surface area contributed by atoms with Crippen LogP contribution >= 0.6 is 13.5 Å². The van der Waals surface area contributed by atoms with Crippen molar-refractivity contribution in [3.63, 3.8) is 0 Å². The average molecular weight is 144 g/mol. The normalized spacial score (nSPS) is 8.11. The number of benzene rings is 1. The van der Waals surface area contributed by atoms with E-state index in [1.165, 1.54) is 0 Å². The van der Waals surface area contributed by atoms with Crippen molar-refractivity contribution < 1.29 is 4.39 Å². The van der Waals surface area contributed by atoms with Gasteiger partial charge in [-0.25, -0.2) is 4.39 Å². The predicted molar refractivity (Wildman–Crippen MR) is 41.6 cm³/mol. The standard InChI is InChI=1S/C7H7F.H2S/c8-6-7-4-2-1-3-5-7;/h1-5H,6H2;1H2. The van der Waals surface area contributed by atoms with Crippen LogP contribution in [0.5, 0.6) is 0 Å². The van der Waals surface area contributed by atoms with E-state index >= 15 is 0 Å². The van der Waals surface area contributed by atoms with E-state index in [1.54, 1.807) is 12.1 Å². The van der Waals surface area contributed by atoms with Crippen LogP contribution in [-0.2, 0) is 6.67 Å². The Morgan fingerprint density at radius 1 is 1.11 bits per heavy atom. The third kappa shape index (κ3) is 2.51. The van der Waals surface area contributed by atoms with Crippen molar-refractivity contribution in [2.45, 2.75) is 6.67 Å². The maximum atomic E-state index is 11.7. The lowest BCUT2D eigenvalue weighted by molar-refractivity contribution is 0.485. The van der Waals surface area contributed by atoms with Gasteiger partial charge in [0.2, 0.25) is 0 Å². The first-order valence-electron chi connectivity index (χ1n) is 2.53. The Kier molecular flexibility index (Phi) is 4.14. The Hall–Kier alpha value is -0.500. The van der Waals surface area contributed by atoms with Crippen molar-refractivity contribution in [2.24, 2.45) is 0 Å². The lowest BCUT2D eigenvalue weighted by Crippen LogP contribution is -1.72. The number of halogens is 1. The zero-order valence-corrected chi connectivity index (χ0v) is 5.97. The quantitative estimate of drug-likeness (QED) is 0.567. The molecular formula is C7H9FS. The van der Waals surface area contributed by atoms with E-state index in [9.17, 15) is 4.39 Å². The molecule has 0 aliphatic rings. The number of alkyl halides is 1. The average Bonchev–Trinajstić information content (AvgIpc) is 1.90. The fourth-order valence-electron chi connectivity index (χ4n) is 0.567. The van der Waals surface area contributed by atoms with E-state index in [1.807, 2.05) is 18.2 Å². The molecule has 2 heteroatoms. The molecule has 0 aliphatic carbocycles. The molecule has 1 aromatic carbocycles. The molecule has 0 N–H and O–H groups in total. The van der Waals surface area contributed by atoms with Gasteiger partial charge in [0.1, 0.15) is 6.67 Å². The summed E-state index contributed by atoms with van der Waals surface area (Å²) in [6.07, 6.45) is 0. The molecule has 0 radical (unpaired) electrons. The highest BCUT2D eigenvalue weighted by molar-refractivity contribution is 7.59. The number of hydrogen-bond acceptors (Lipinski definition) is 0. The molecule has 0 aromatic heterocycles. The molecule has 0 bridgehead atoms. The highest BCUT2D eigenvalue weighted by Gasteiger charge is 1.82. The lowest BCUT2D eigenvalue weighted by atomic mass is 10.2. The summed E-state index contributed by atoms with van der Waals surface area (Å²) in [6.45, 7) is -0.360. The molecule has 0 nitrogen and oxygen atoms in total. The van der Waals surface area contributed by atoms with Crippen LogP contribution in [0, 0.1) is 0 Å². The summed E-state index contributed by atoms with van der Waals surface area (Å²) in [5, 5.41) is 0. The fourth-order valence-corrected chi connectivity index (χ4v) is 0.567. The first-order valence-corrected chi connectivity index (χ1v) is 2.53. The van der Waals surface area contributed by atoms with Gasteiger partial charge in [0.05, 0.1) is 0 Å². The van der Waals surface area contributed by atoms with E-state index < -0.39 is 0 Å². The van der Waals surface area contributed by atoms with Crippen LogP contribution < -0.4 is 0 Å². The molecule has 9 heavy (non-hydrogen) atoms. The molecule has 0 amide bonds. The van der Waals surface area contributed by atoms with Gasteiger partial charge >= 0.3 is 0 Å². The summed E-state index contributed by atoms with van der Waals surface area (Å²) < 4.78 is 11.7. The summed E-state index contributed by atoms with van der Waals surface area (Å²) in [5.41, 5.74) is 0.743. The zero-order chi connectivity index (χ0) is 5.82. The van der Waals surface area contributed by atoms with Crippen LogP contribution in [0.25, 0.3) is 0 Å². The maximum Gasteiger partial charge on any atom is 0.115 e. The molecule has 0 spiro atoms. The highest BCUT2D eigenvalue weighted by Crippen LogP contribution is 1.98. The third-order valence-corrected chi connectivity index (χ3v) is 0.997. The molecule has 0 atom stereocenters. The largest absolute Gasteiger partial charge is 0.246 e. The summed E-state index contributed by atoms with van der Waals surface area (Å²) >= 11 is 0. The summed E-state index contributed by atoms with van der Waals surface area (Å²) in [6, 6.07) is 9.06. The van der Waals surface area contributed by atoms with Gasteiger partial charge in [0, 0.05) is 0 Å². The Balaban J connectivity index is 0.000000640. The molecule has 0 heterocycles. The van der Waals surface area contributed by atoms with Crippen LogP contribution in [-0.4, -0.2) is 0 Å². The topological polar surface area (TPSA) is 0 Å². The first-order chi connectivity index (χ1) is 3.93. The molecule has 50 valence electrons. The molecule has 0 saturated carbocycles. The first kappa shape index (κ1) is 8.50. The Bertz CT molecular complexity index is 150. The van der Waals surface area contributed by atoms with Crippen molar-refractivity contribution >= 4 is 13.5 Å².